The van der Waals surface area contributed by atoms with Crippen LogP contribution in [0.15, 0.2) is 72.9 Å². The van der Waals surface area contributed by atoms with Gasteiger partial charge in [0.25, 0.3) is 11.7 Å². The van der Waals surface area contributed by atoms with Gasteiger partial charge in [-0.3, -0.25) is 10.1 Å². The van der Waals surface area contributed by atoms with Gasteiger partial charge in [-0.2, -0.15) is 0 Å². The summed E-state index contributed by atoms with van der Waals surface area (Å²) in [6.07, 6.45) is 3.20. The van der Waals surface area contributed by atoms with Gasteiger partial charge in [0.15, 0.2) is 0 Å². The Balaban J connectivity index is 1.53. The second kappa shape index (κ2) is 9.44. The van der Waals surface area contributed by atoms with E-state index in [2.05, 4.69) is 5.32 Å². The second-order valence-electron chi connectivity index (χ2n) is 7.53. The van der Waals surface area contributed by atoms with E-state index in [0.717, 1.165) is 10.8 Å². The fourth-order valence-electron chi connectivity index (χ4n) is 3.77. The number of carboxylic acid groups (broad SMARTS) is 1. The third-order valence-electron chi connectivity index (χ3n) is 5.36. The lowest BCUT2D eigenvalue weighted by Crippen LogP contribution is -2.30. The summed E-state index contributed by atoms with van der Waals surface area (Å²) in [6, 6.07) is 17.4. The Morgan fingerprint density at radius 1 is 1.12 bits per heavy atom. The molecule has 168 valence electrons. The highest BCUT2D eigenvalue weighted by atomic mass is 16.5. The molecule has 1 aromatic heterocycles. The molecule has 0 spiro atoms. The molecule has 0 saturated heterocycles. The maximum Gasteiger partial charge on any atom is 0.328 e. The number of fused-ring (bicyclic) bond motifs is 2. The minimum atomic E-state index is -1.09. The van der Waals surface area contributed by atoms with Crippen molar-refractivity contribution < 1.29 is 24.2 Å². The number of hydrogen-bond acceptors (Lipinski definition) is 5. The zero-order valence-corrected chi connectivity index (χ0v) is 18.0. The summed E-state index contributed by atoms with van der Waals surface area (Å²) in [6.45, 7) is 0.948. The predicted octanol–water partition coefficient (Wildman–Crippen LogP) is 3.31. The molecule has 1 amide bonds. The van der Waals surface area contributed by atoms with E-state index in [9.17, 15) is 19.9 Å². The molecule has 1 aliphatic rings. The molecule has 2 heterocycles. The molecule has 0 saturated carbocycles. The fourth-order valence-corrected chi connectivity index (χ4v) is 3.77. The van der Waals surface area contributed by atoms with E-state index in [4.69, 9.17) is 4.74 Å². The minimum Gasteiger partial charge on any atom is -0.711 e. The average molecular weight is 445 g/mol. The molecule has 1 aliphatic heterocycles. The van der Waals surface area contributed by atoms with Gasteiger partial charge in [-0.05, 0) is 35.4 Å². The van der Waals surface area contributed by atoms with Crippen molar-refractivity contribution in [3.8, 4) is 5.75 Å². The van der Waals surface area contributed by atoms with E-state index >= 15 is 0 Å². The van der Waals surface area contributed by atoms with Gasteiger partial charge in [0.05, 0.1) is 25.0 Å². The molecule has 0 aliphatic carbocycles. The number of aliphatic carboxylic acids is 1. The van der Waals surface area contributed by atoms with Crippen molar-refractivity contribution in [3.63, 3.8) is 0 Å². The Morgan fingerprint density at radius 2 is 1.88 bits per heavy atom. The number of aromatic nitrogens is 1. The normalized spacial score (nSPS) is 13.8. The molecule has 8 heteroatoms. The third kappa shape index (κ3) is 4.64. The van der Waals surface area contributed by atoms with E-state index in [0.29, 0.717) is 59.1 Å². The quantitative estimate of drug-likeness (QED) is 0.250. The molecule has 0 atom stereocenters. The lowest BCUT2D eigenvalue weighted by Gasteiger charge is -2.19. The van der Waals surface area contributed by atoms with Gasteiger partial charge in [0, 0.05) is 42.8 Å². The van der Waals surface area contributed by atoms with Gasteiger partial charge in [-0.25, -0.2) is 9.52 Å². The number of ether oxygens (including phenoxy) is 1. The first-order chi connectivity index (χ1) is 16.0. The highest BCUT2D eigenvalue weighted by molar-refractivity contribution is 6.15. The molecular formula is C25H23N3O5. The van der Waals surface area contributed by atoms with E-state index < -0.39 is 5.97 Å². The zero-order chi connectivity index (χ0) is 23.4. The summed E-state index contributed by atoms with van der Waals surface area (Å²) in [5, 5.41) is 24.1. The summed E-state index contributed by atoms with van der Waals surface area (Å²) in [5.74, 6) is -0.281. The van der Waals surface area contributed by atoms with Crippen LogP contribution in [0.3, 0.4) is 0 Å². The lowest BCUT2D eigenvalue weighted by atomic mass is 9.94. The number of carboxylic acids is 1. The number of carbonyl (C=O) groups excluding carboxylic acids is 1. The zero-order valence-electron chi connectivity index (χ0n) is 18.0. The van der Waals surface area contributed by atoms with Gasteiger partial charge in [0.2, 0.25) is 0 Å². The smallest absolute Gasteiger partial charge is 0.328 e. The number of benzene rings is 2. The second-order valence-corrected chi connectivity index (χ2v) is 7.53. The highest BCUT2D eigenvalue weighted by Crippen LogP contribution is 2.39. The molecule has 33 heavy (non-hydrogen) atoms. The molecule has 0 unspecified atom stereocenters. The van der Waals surface area contributed by atoms with Crippen molar-refractivity contribution in [1.82, 2.24) is 0 Å². The average Bonchev–Trinajstić information content (AvgIpc) is 2.89. The molecule has 4 rings (SSSR count). The Hall–Kier alpha value is -4.33. The number of rotatable bonds is 7. The molecule has 0 radical (unpaired) electrons. The van der Waals surface area contributed by atoms with Crippen molar-refractivity contribution in [3.05, 3.63) is 94.8 Å². The molecule has 8 nitrogen and oxygen atoms in total. The maximum absolute atomic E-state index is 13.1. The van der Waals surface area contributed by atoms with Crippen LogP contribution in [-0.4, -0.2) is 37.2 Å². The summed E-state index contributed by atoms with van der Waals surface area (Å²) in [4.78, 5) is 26.1. The van der Waals surface area contributed by atoms with Crippen molar-refractivity contribution in [2.24, 2.45) is 0 Å². The number of pyridine rings is 1. The van der Waals surface area contributed by atoms with Gasteiger partial charge in [0.1, 0.15) is 5.75 Å². The third-order valence-corrected chi connectivity index (χ3v) is 5.36. The van der Waals surface area contributed by atoms with Gasteiger partial charge in [-0.15, -0.1) is 0 Å². The van der Waals surface area contributed by atoms with E-state index in [1.54, 1.807) is 67.7 Å². The largest absolute Gasteiger partial charge is 0.711 e. The van der Waals surface area contributed by atoms with Crippen LogP contribution in [0, 0.1) is 5.21 Å². The van der Waals surface area contributed by atoms with Crippen LogP contribution in [0.5, 0.6) is 5.75 Å². The van der Waals surface area contributed by atoms with Crippen molar-refractivity contribution in [2.75, 3.05) is 30.4 Å². The molecule has 2 aromatic carbocycles. The van der Waals surface area contributed by atoms with Crippen LogP contribution in [0.4, 0.5) is 11.5 Å². The lowest BCUT2D eigenvalue weighted by molar-refractivity contribution is -0.590. The molecule has 2 N–H and O–H groups in total. The predicted molar refractivity (Wildman–Crippen MR) is 124 cm³/mol. The van der Waals surface area contributed by atoms with Crippen LogP contribution in [0.1, 0.15) is 27.9 Å². The van der Waals surface area contributed by atoms with Crippen LogP contribution >= 0.6 is 0 Å². The van der Waals surface area contributed by atoms with Crippen LogP contribution in [0.25, 0.3) is 5.57 Å². The Labute approximate surface area is 190 Å². The van der Waals surface area contributed by atoms with Crippen molar-refractivity contribution >= 4 is 29.0 Å². The van der Waals surface area contributed by atoms with Gasteiger partial charge >= 0.3 is 5.97 Å². The first-order valence-corrected chi connectivity index (χ1v) is 10.5. The molecule has 3 aromatic rings. The molecular weight excluding hydrogens is 422 g/mol. The Morgan fingerprint density at radius 3 is 2.64 bits per heavy atom. The van der Waals surface area contributed by atoms with Crippen LogP contribution in [0.2, 0.25) is 0 Å². The van der Waals surface area contributed by atoms with Crippen molar-refractivity contribution in [1.29, 1.82) is 0 Å². The van der Waals surface area contributed by atoms with Crippen LogP contribution < -0.4 is 19.7 Å². The summed E-state index contributed by atoms with van der Waals surface area (Å²) in [5.41, 5.74) is 2.68. The van der Waals surface area contributed by atoms with Crippen molar-refractivity contribution in [2.45, 2.75) is 6.42 Å². The summed E-state index contributed by atoms with van der Waals surface area (Å²) >= 11 is 0. The fraction of sp³-hybridized carbons (Fsp3) is 0.160. The topological polar surface area (TPSA) is 106 Å². The SMILES string of the molecule is CN1C(=O)c2ccccc2/C(=C/C(=O)O)c2ccc(OCCCNc3cccc[n+]3[O-])cc21. The van der Waals surface area contributed by atoms with E-state index in [-0.39, 0.29) is 5.91 Å². The van der Waals surface area contributed by atoms with Crippen LogP contribution in [-0.2, 0) is 4.79 Å². The number of nitrogens with one attached hydrogen (secondary N) is 1. The number of hydrogen-bond donors (Lipinski definition) is 2. The Bertz CT molecular complexity index is 1240. The number of carbonyl (C=O) groups is 2. The molecule has 0 bridgehead atoms. The number of nitrogens with zero attached hydrogens (tertiary/aromatic N) is 2. The Kier molecular flexibility index (Phi) is 6.26. The van der Waals surface area contributed by atoms with Gasteiger partial charge in [-0.1, -0.05) is 24.3 Å². The maximum atomic E-state index is 13.1. The number of anilines is 2. The summed E-state index contributed by atoms with van der Waals surface area (Å²) < 4.78 is 6.62. The standard InChI is InChI=1S/C25H23N3O5/c1-27-22-15-17(33-14-6-12-26-23-9-4-5-13-28(23)32)10-11-19(22)21(16-24(29)30)18-7-2-3-8-20(18)25(27)31/h2-5,7-11,13,15-16,26H,6,12,14H2,1H3,(H,29,30)/b21-16-. The first-order valence-electron chi connectivity index (χ1n) is 10.5. The molecule has 0 fully saturated rings. The monoisotopic (exact) mass is 445 g/mol. The minimum absolute atomic E-state index is 0.226. The summed E-state index contributed by atoms with van der Waals surface area (Å²) in [7, 11) is 1.66. The van der Waals surface area contributed by atoms with Gasteiger partial charge < -0.3 is 20.0 Å². The number of amides is 1. The van der Waals surface area contributed by atoms with E-state index in [1.807, 2.05) is 0 Å². The first kappa shape index (κ1) is 21.9. The highest BCUT2D eigenvalue weighted by Gasteiger charge is 2.28. The van der Waals surface area contributed by atoms with E-state index in [1.165, 1.54) is 11.1 Å².